The van der Waals surface area contributed by atoms with Crippen molar-refractivity contribution in [2.24, 2.45) is 0 Å². The Balaban J connectivity index is 1.20. The van der Waals surface area contributed by atoms with Crippen molar-refractivity contribution in [1.29, 1.82) is 0 Å². The molecule has 3 heteroatoms. The number of benzene rings is 7. The lowest BCUT2D eigenvalue weighted by atomic mass is 9.70. The smallest absolute Gasteiger partial charge is 0.151 e. The number of nitrogens with zero attached hydrogens (tertiary/aromatic N) is 2. The van der Waals surface area contributed by atoms with Crippen LogP contribution in [0.1, 0.15) is 30.5 Å². The molecule has 0 N–H and O–H groups in total. The summed E-state index contributed by atoms with van der Waals surface area (Å²) in [7, 11) is 0. The Hall–Kier alpha value is -6.06. The zero-order valence-electron chi connectivity index (χ0n) is 27.9. The molecule has 49 heavy (non-hydrogen) atoms. The second kappa shape index (κ2) is 11.3. The molecule has 2 aliphatic rings. The number of para-hydroxylation sites is 4. The van der Waals surface area contributed by atoms with Gasteiger partial charge in [-0.25, -0.2) is 0 Å². The van der Waals surface area contributed by atoms with E-state index in [4.69, 9.17) is 4.74 Å². The van der Waals surface area contributed by atoms with Crippen molar-refractivity contribution in [3.63, 3.8) is 0 Å². The van der Waals surface area contributed by atoms with Crippen LogP contribution in [0.5, 0.6) is 11.5 Å². The third-order valence-corrected chi connectivity index (χ3v) is 10.1. The number of hydrogen-bond acceptors (Lipinski definition) is 3. The molecule has 0 atom stereocenters. The molecule has 0 saturated carbocycles. The molecule has 0 aromatic heterocycles. The molecule has 0 unspecified atom stereocenters. The Kier molecular flexibility index (Phi) is 6.70. The van der Waals surface area contributed by atoms with Crippen molar-refractivity contribution < 1.29 is 4.74 Å². The fourth-order valence-electron chi connectivity index (χ4n) is 7.85. The summed E-state index contributed by atoms with van der Waals surface area (Å²) in [5.41, 5.74) is 15.1. The summed E-state index contributed by atoms with van der Waals surface area (Å²) in [5, 5.41) is 0. The van der Waals surface area contributed by atoms with Gasteiger partial charge in [0.1, 0.15) is 0 Å². The molecule has 0 bridgehead atoms. The van der Waals surface area contributed by atoms with Gasteiger partial charge in [-0.15, -0.1) is 0 Å². The second-order valence-electron chi connectivity index (χ2n) is 13.5. The minimum Gasteiger partial charge on any atom is -0.453 e. The zero-order chi connectivity index (χ0) is 33.1. The van der Waals surface area contributed by atoms with E-state index in [1.165, 1.54) is 44.6 Å². The van der Waals surface area contributed by atoms with Crippen LogP contribution in [-0.4, -0.2) is 0 Å². The fourth-order valence-corrected chi connectivity index (χ4v) is 7.85. The number of aryl methyl sites for hydroxylation is 1. The molecule has 0 spiro atoms. The minimum atomic E-state index is -0.265. The highest BCUT2D eigenvalue weighted by molar-refractivity contribution is 5.97. The minimum absolute atomic E-state index is 0.265. The number of ether oxygens (including phenoxy) is 1. The highest BCUT2D eigenvalue weighted by Crippen LogP contribution is 2.62. The van der Waals surface area contributed by atoms with E-state index in [-0.39, 0.29) is 5.41 Å². The molecule has 0 saturated heterocycles. The van der Waals surface area contributed by atoms with E-state index >= 15 is 0 Å². The van der Waals surface area contributed by atoms with E-state index in [0.29, 0.717) is 0 Å². The SMILES string of the molecule is Cc1cccc2c1N1c3ccccc3C(C)(C)c3c(-c4cccc(-c5cccc(N(c6ccccc6)c6ccccc6)c5)c4)ccc(c31)O2. The van der Waals surface area contributed by atoms with Crippen molar-refractivity contribution in [3.8, 4) is 33.8 Å². The van der Waals surface area contributed by atoms with Gasteiger partial charge in [-0.05, 0) is 107 Å². The Morgan fingerprint density at radius 1 is 0.510 bits per heavy atom. The van der Waals surface area contributed by atoms with Gasteiger partial charge in [-0.3, -0.25) is 0 Å². The molecule has 9 rings (SSSR count). The molecule has 236 valence electrons. The van der Waals surface area contributed by atoms with Crippen LogP contribution in [0, 0.1) is 6.92 Å². The van der Waals surface area contributed by atoms with Crippen molar-refractivity contribution >= 4 is 34.1 Å². The van der Waals surface area contributed by atoms with Crippen LogP contribution in [0.15, 0.2) is 164 Å². The van der Waals surface area contributed by atoms with Crippen LogP contribution in [0.2, 0.25) is 0 Å². The summed E-state index contributed by atoms with van der Waals surface area (Å²) in [6.07, 6.45) is 0. The van der Waals surface area contributed by atoms with Crippen LogP contribution in [0.3, 0.4) is 0 Å². The molecule has 7 aromatic rings. The van der Waals surface area contributed by atoms with Gasteiger partial charge in [0.05, 0.1) is 17.1 Å². The molecule has 3 nitrogen and oxygen atoms in total. The van der Waals surface area contributed by atoms with Gasteiger partial charge in [-0.1, -0.05) is 117 Å². The fraction of sp³-hybridized carbons (Fsp3) is 0.0870. The molecule has 2 heterocycles. The van der Waals surface area contributed by atoms with Gasteiger partial charge < -0.3 is 14.5 Å². The van der Waals surface area contributed by atoms with E-state index in [1.807, 2.05) is 0 Å². The Bertz CT molecular complexity index is 2320. The first-order valence-electron chi connectivity index (χ1n) is 16.9. The van der Waals surface area contributed by atoms with Crippen LogP contribution in [0.25, 0.3) is 22.3 Å². The second-order valence-corrected chi connectivity index (χ2v) is 13.5. The van der Waals surface area contributed by atoms with E-state index in [0.717, 1.165) is 39.9 Å². The van der Waals surface area contributed by atoms with E-state index in [1.54, 1.807) is 0 Å². The third kappa shape index (κ3) is 4.65. The number of hydrogen-bond donors (Lipinski definition) is 0. The quantitative estimate of drug-likeness (QED) is 0.188. The van der Waals surface area contributed by atoms with Crippen LogP contribution in [-0.2, 0) is 5.41 Å². The van der Waals surface area contributed by atoms with Crippen LogP contribution in [0.4, 0.5) is 34.1 Å². The summed E-state index contributed by atoms with van der Waals surface area (Å²) in [6.45, 7) is 6.88. The molecule has 0 amide bonds. The average Bonchev–Trinajstić information content (AvgIpc) is 3.14. The first-order chi connectivity index (χ1) is 24.0. The molecule has 0 aliphatic carbocycles. The maximum absolute atomic E-state index is 6.66. The largest absolute Gasteiger partial charge is 0.453 e. The van der Waals surface area contributed by atoms with Crippen LogP contribution >= 0.6 is 0 Å². The monoisotopic (exact) mass is 632 g/mol. The topological polar surface area (TPSA) is 15.7 Å². The number of anilines is 6. The Labute approximate surface area is 288 Å². The molecule has 0 fully saturated rings. The average molecular weight is 633 g/mol. The summed E-state index contributed by atoms with van der Waals surface area (Å²) in [5.74, 6) is 1.79. The summed E-state index contributed by atoms with van der Waals surface area (Å²) in [4.78, 5) is 4.76. The van der Waals surface area contributed by atoms with E-state index < -0.39 is 0 Å². The predicted octanol–water partition coefficient (Wildman–Crippen LogP) is 13.0. The summed E-state index contributed by atoms with van der Waals surface area (Å²) < 4.78 is 6.66. The maximum Gasteiger partial charge on any atom is 0.151 e. The Morgan fingerprint density at radius 2 is 1.10 bits per heavy atom. The Morgan fingerprint density at radius 3 is 1.86 bits per heavy atom. The van der Waals surface area contributed by atoms with Gasteiger partial charge in [0.15, 0.2) is 11.5 Å². The van der Waals surface area contributed by atoms with E-state index in [9.17, 15) is 0 Å². The van der Waals surface area contributed by atoms with Gasteiger partial charge in [-0.2, -0.15) is 0 Å². The third-order valence-electron chi connectivity index (χ3n) is 10.1. The first kappa shape index (κ1) is 29.1. The molecular formula is C46H36N2O. The van der Waals surface area contributed by atoms with Crippen molar-refractivity contribution in [3.05, 3.63) is 180 Å². The molecular weight excluding hydrogens is 597 g/mol. The number of fused-ring (bicyclic) bond motifs is 4. The van der Waals surface area contributed by atoms with Crippen molar-refractivity contribution in [2.75, 3.05) is 9.80 Å². The summed E-state index contributed by atoms with van der Waals surface area (Å²) >= 11 is 0. The predicted molar refractivity (Wildman–Crippen MR) is 204 cm³/mol. The zero-order valence-corrected chi connectivity index (χ0v) is 27.9. The molecule has 7 aromatic carbocycles. The maximum atomic E-state index is 6.66. The summed E-state index contributed by atoms with van der Waals surface area (Å²) in [6, 6.07) is 58.6. The van der Waals surface area contributed by atoms with Crippen LogP contribution < -0.4 is 14.5 Å². The van der Waals surface area contributed by atoms with Gasteiger partial charge in [0, 0.05) is 22.5 Å². The van der Waals surface area contributed by atoms with Crippen molar-refractivity contribution in [1.82, 2.24) is 0 Å². The van der Waals surface area contributed by atoms with Gasteiger partial charge in [0.2, 0.25) is 0 Å². The highest BCUT2D eigenvalue weighted by atomic mass is 16.5. The first-order valence-corrected chi connectivity index (χ1v) is 16.9. The van der Waals surface area contributed by atoms with E-state index in [2.05, 4.69) is 194 Å². The van der Waals surface area contributed by atoms with Gasteiger partial charge >= 0.3 is 0 Å². The lowest BCUT2D eigenvalue weighted by Crippen LogP contribution is -2.33. The highest BCUT2D eigenvalue weighted by Gasteiger charge is 2.43. The van der Waals surface area contributed by atoms with Crippen molar-refractivity contribution in [2.45, 2.75) is 26.2 Å². The molecule has 2 aliphatic heterocycles. The normalized spacial score (nSPS) is 13.5. The van der Waals surface area contributed by atoms with Gasteiger partial charge in [0.25, 0.3) is 0 Å². The lowest BCUT2D eigenvalue weighted by molar-refractivity contribution is 0.471. The lowest BCUT2D eigenvalue weighted by Gasteiger charge is -2.46. The standard InChI is InChI=1S/C46H36N2O/c1-31-15-12-26-41-44(31)48-40-25-11-10-24-39(40)46(2,3)43-38(27-28-42(49-41)45(43)48)34-18-13-16-32(29-34)33-17-14-23-37(30-33)47(35-19-6-4-7-20-35)36-21-8-5-9-22-36/h4-30H,1-3H3. The molecule has 0 radical (unpaired) electrons. The number of rotatable bonds is 5.